The molecule has 0 spiro atoms. The van der Waals surface area contributed by atoms with Gasteiger partial charge in [0.15, 0.2) is 0 Å². The zero-order valence-electron chi connectivity index (χ0n) is 13.6. The first-order chi connectivity index (χ1) is 10.9. The minimum atomic E-state index is -0.847. The molecular formula is C17H23FN2O3. The number of aliphatic carboxylic acids is 1. The van der Waals surface area contributed by atoms with Crippen LogP contribution < -0.4 is 0 Å². The van der Waals surface area contributed by atoms with Crippen molar-refractivity contribution in [3.8, 4) is 0 Å². The van der Waals surface area contributed by atoms with Gasteiger partial charge in [0.2, 0.25) is 0 Å². The van der Waals surface area contributed by atoms with E-state index in [1.807, 2.05) is 4.90 Å². The van der Waals surface area contributed by atoms with Crippen molar-refractivity contribution in [1.29, 1.82) is 0 Å². The second kappa shape index (κ2) is 7.55. The molecule has 0 radical (unpaired) electrons. The number of benzene rings is 1. The van der Waals surface area contributed by atoms with Crippen LogP contribution in [0, 0.1) is 12.7 Å². The molecule has 1 aromatic carbocycles. The van der Waals surface area contributed by atoms with Crippen LogP contribution in [0.15, 0.2) is 18.2 Å². The zero-order chi connectivity index (χ0) is 17.0. The number of halogens is 1. The highest BCUT2D eigenvalue weighted by molar-refractivity contribution is 5.95. The summed E-state index contributed by atoms with van der Waals surface area (Å²) in [6, 6.07) is 4.41. The van der Waals surface area contributed by atoms with Crippen LogP contribution in [0.25, 0.3) is 0 Å². The van der Waals surface area contributed by atoms with Gasteiger partial charge in [-0.3, -0.25) is 14.5 Å². The van der Waals surface area contributed by atoms with Gasteiger partial charge in [0.1, 0.15) is 5.82 Å². The summed E-state index contributed by atoms with van der Waals surface area (Å²) >= 11 is 0. The Kier molecular flexibility index (Phi) is 5.71. The summed E-state index contributed by atoms with van der Waals surface area (Å²) in [5.74, 6) is -1.41. The van der Waals surface area contributed by atoms with Crippen LogP contribution in [-0.4, -0.2) is 59.5 Å². The van der Waals surface area contributed by atoms with Gasteiger partial charge in [-0.15, -0.1) is 0 Å². The second-order valence-electron chi connectivity index (χ2n) is 6.15. The molecule has 1 amide bonds. The summed E-state index contributed by atoms with van der Waals surface area (Å²) in [5, 5.41) is 8.89. The lowest BCUT2D eigenvalue weighted by molar-refractivity contribution is -0.138. The third kappa shape index (κ3) is 4.51. The fourth-order valence-corrected chi connectivity index (χ4v) is 3.06. The average Bonchev–Trinajstić information content (AvgIpc) is 2.74. The second-order valence-corrected chi connectivity index (χ2v) is 6.15. The van der Waals surface area contributed by atoms with E-state index in [-0.39, 0.29) is 18.5 Å². The maximum absolute atomic E-state index is 13.4. The number of carboxylic acid groups (broad SMARTS) is 1. The summed E-state index contributed by atoms with van der Waals surface area (Å²) < 4.78 is 13.4. The van der Waals surface area contributed by atoms with E-state index in [0.29, 0.717) is 18.7 Å². The zero-order valence-corrected chi connectivity index (χ0v) is 13.6. The monoisotopic (exact) mass is 322 g/mol. The van der Waals surface area contributed by atoms with Crippen molar-refractivity contribution in [1.82, 2.24) is 9.80 Å². The summed E-state index contributed by atoms with van der Waals surface area (Å²) in [7, 11) is 1.80. The van der Waals surface area contributed by atoms with Crippen LogP contribution in [0.3, 0.4) is 0 Å². The lowest BCUT2D eigenvalue weighted by Crippen LogP contribution is -2.37. The van der Waals surface area contributed by atoms with Gasteiger partial charge in [-0.1, -0.05) is 6.07 Å². The lowest BCUT2D eigenvalue weighted by Gasteiger charge is -2.25. The molecule has 1 unspecified atom stereocenters. The van der Waals surface area contributed by atoms with E-state index in [0.717, 1.165) is 24.8 Å². The molecule has 0 aliphatic carbocycles. The number of rotatable bonds is 4. The van der Waals surface area contributed by atoms with E-state index in [9.17, 15) is 14.0 Å². The number of nitrogens with zero attached hydrogens (tertiary/aromatic N) is 2. The standard InChI is InChI=1S/C17H23FN2O3/c1-12-5-6-13(18)10-15(12)17(23)20-8-3-4-14(7-9-20)19(2)11-16(21)22/h5-6,10,14H,3-4,7-9,11H2,1-2H3,(H,21,22). The van der Waals surface area contributed by atoms with Crippen molar-refractivity contribution < 1.29 is 19.1 Å². The number of amides is 1. The van der Waals surface area contributed by atoms with Crippen molar-refractivity contribution in [3.05, 3.63) is 35.1 Å². The third-order valence-corrected chi connectivity index (χ3v) is 4.42. The highest BCUT2D eigenvalue weighted by Crippen LogP contribution is 2.19. The number of carboxylic acids is 1. The number of likely N-dealkylation sites (N-methyl/N-ethyl adjacent to an activating group) is 1. The summed E-state index contributed by atoms with van der Waals surface area (Å²) in [4.78, 5) is 27.0. The first-order valence-corrected chi connectivity index (χ1v) is 7.86. The van der Waals surface area contributed by atoms with Crippen LogP contribution in [0.4, 0.5) is 4.39 Å². The number of carbonyl (C=O) groups excluding carboxylic acids is 1. The lowest BCUT2D eigenvalue weighted by atomic mass is 10.1. The average molecular weight is 322 g/mol. The number of likely N-dealkylation sites (tertiary alicyclic amines) is 1. The molecule has 5 nitrogen and oxygen atoms in total. The first kappa shape index (κ1) is 17.4. The van der Waals surface area contributed by atoms with Crippen LogP contribution in [0.2, 0.25) is 0 Å². The van der Waals surface area contributed by atoms with Gasteiger partial charge in [0.25, 0.3) is 5.91 Å². The molecule has 1 aromatic rings. The number of hydrogen-bond donors (Lipinski definition) is 1. The predicted octanol–water partition coefficient (Wildman–Crippen LogP) is 2.15. The predicted molar refractivity (Wildman–Crippen MR) is 84.9 cm³/mol. The Hall–Kier alpha value is -1.95. The minimum Gasteiger partial charge on any atom is -0.480 e. The topological polar surface area (TPSA) is 60.9 Å². The molecule has 1 fully saturated rings. The number of aryl methyl sites for hydroxylation is 1. The van der Waals surface area contributed by atoms with Crippen LogP contribution in [0.1, 0.15) is 35.2 Å². The van der Waals surface area contributed by atoms with Crippen LogP contribution >= 0.6 is 0 Å². The van der Waals surface area contributed by atoms with Gasteiger partial charge in [-0.25, -0.2) is 4.39 Å². The Morgan fingerprint density at radius 1 is 1.35 bits per heavy atom. The molecule has 23 heavy (non-hydrogen) atoms. The van der Waals surface area contributed by atoms with Gasteiger partial charge in [-0.2, -0.15) is 0 Å². The van der Waals surface area contributed by atoms with Crippen molar-refractivity contribution in [2.75, 3.05) is 26.7 Å². The van der Waals surface area contributed by atoms with Crippen molar-refractivity contribution in [3.63, 3.8) is 0 Å². The van der Waals surface area contributed by atoms with Gasteiger partial charge in [0.05, 0.1) is 6.54 Å². The van der Waals surface area contributed by atoms with Crippen molar-refractivity contribution >= 4 is 11.9 Å². The Morgan fingerprint density at radius 2 is 2.09 bits per heavy atom. The highest BCUT2D eigenvalue weighted by atomic mass is 19.1. The quantitative estimate of drug-likeness (QED) is 0.923. The first-order valence-electron chi connectivity index (χ1n) is 7.86. The SMILES string of the molecule is Cc1ccc(F)cc1C(=O)N1CCCC(N(C)CC(=O)O)CC1. The maximum atomic E-state index is 13.4. The smallest absolute Gasteiger partial charge is 0.317 e. The fraction of sp³-hybridized carbons (Fsp3) is 0.529. The van der Waals surface area contributed by atoms with E-state index < -0.39 is 11.8 Å². The van der Waals surface area contributed by atoms with E-state index in [2.05, 4.69) is 0 Å². The van der Waals surface area contributed by atoms with Crippen LogP contribution in [0.5, 0.6) is 0 Å². The Bertz CT molecular complexity index is 591. The van der Waals surface area contributed by atoms with Crippen molar-refractivity contribution in [2.24, 2.45) is 0 Å². The van der Waals surface area contributed by atoms with Gasteiger partial charge in [0, 0.05) is 24.7 Å². The molecule has 1 heterocycles. The minimum absolute atomic E-state index is 0.00160. The molecule has 1 saturated heterocycles. The molecule has 1 aliphatic heterocycles. The maximum Gasteiger partial charge on any atom is 0.317 e. The molecule has 1 aliphatic rings. The van der Waals surface area contributed by atoms with E-state index in [1.165, 1.54) is 12.1 Å². The molecular weight excluding hydrogens is 299 g/mol. The third-order valence-electron chi connectivity index (χ3n) is 4.42. The van der Waals surface area contributed by atoms with Crippen molar-refractivity contribution in [2.45, 2.75) is 32.2 Å². The Balaban J connectivity index is 2.04. The summed E-state index contributed by atoms with van der Waals surface area (Å²) in [6.45, 7) is 2.98. The molecule has 6 heteroatoms. The number of hydrogen-bond acceptors (Lipinski definition) is 3. The van der Waals surface area contributed by atoms with E-state index in [1.54, 1.807) is 24.9 Å². The molecule has 1 N–H and O–H groups in total. The molecule has 0 aromatic heterocycles. The fourth-order valence-electron chi connectivity index (χ4n) is 3.06. The number of carbonyl (C=O) groups is 2. The molecule has 1 atom stereocenters. The summed E-state index contributed by atoms with van der Waals surface area (Å²) in [6.07, 6.45) is 2.40. The Morgan fingerprint density at radius 3 is 2.78 bits per heavy atom. The Labute approximate surface area is 135 Å². The molecule has 0 bridgehead atoms. The van der Waals surface area contributed by atoms with E-state index in [4.69, 9.17) is 5.11 Å². The highest BCUT2D eigenvalue weighted by Gasteiger charge is 2.25. The normalized spacial score (nSPS) is 18.8. The summed E-state index contributed by atoms with van der Waals surface area (Å²) in [5.41, 5.74) is 1.17. The van der Waals surface area contributed by atoms with Gasteiger partial charge < -0.3 is 10.0 Å². The largest absolute Gasteiger partial charge is 0.480 e. The molecule has 0 saturated carbocycles. The molecule has 2 rings (SSSR count). The van der Waals surface area contributed by atoms with E-state index >= 15 is 0 Å². The van der Waals surface area contributed by atoms with Gasteiger partial charge in [-0.05, 0) is 50.9 Å². The molecule has 126 valence electrons. The van der Waals surface area contributed by atoms with Crippen LogP contribution in [-0.2, 0) is 4.79 Å². The van der Waals surface area contributed by atoms with Gasteiger partial charge >= 0.3 is 5.97 Å².